The second kappa shape index (κ2) is 11.8. The van der Waals surface area contributed by atoms with Gasteiger partial charge in [-0.05, 0) is 115 Å². The van der Waals surface area contributed by atoms with Gasteiger partial charge in [-0.2, -0.15) is 0 Å². The Labute approximate surface area is 281 Å². The molecule has 0 spiro atoms. The first-order valence-corrected chi connectivity index (χ1v) is 18.1. The van der Waals surface area contributed by atoms with Gasteiger partial charge >= 0.3 is 0 Å². The summed E-state index contributed by atoms with van der Waals surface area (Å²) in [7, 11) is 1.87. The molecule has 3 aromatic carbocycles. The Kier molecular flexibility index (Phi) is 7.96. The third kappa shape index (κ3) is 4.98. The molecule has 3 heterocycles. The van der Waals surface area contributed by atoms with E-state index in [0.29, 0.717) is 25.3 Å². The topological polar surface area (TPSA) is 43.6 Å². The van der Waals surface area contributed by atoms with Gasteiger partial charge < -0.3 is 14.6 Å². The van der Waals surface area contributed by atoms with Crippen LogP contribution in [0.4, 0.5) is 5.69 Å². The number of amides is 1. The van der Waals surface area contributed by atoms with Crippen LogP contribution in [0.5, 0.6) is 0 Å². The van der Waals surface area contributed by atoms with E-state index in [2.05, 4.69) is 81.3 Å². The number of aldehydes is 1. The summed E-state index contributed by atoms with van der Waals surface area (Å²) >= 11 is 0. The summed E-state index contributed by atoms with van der Waals surface area (Å²) in [5, 5.41) is 2.82. The quantitative estimate of drug-likeness (QED) is 0.180. The third-order valence-electron chi connectivity index (χ3n) is 11.8. The minimum Gasteiger partial charge on any atom is -0.366 e. The minimum absolute atomic E-state index is 0.0163. The molecule has 246 valence electrons. The van der Waals surface area contributed by atoms with Gasteiger partial charge in [0.05, 0.1) is 0 Å². The molecule has 3 aromatic rings. The molecule has 1 unspecified atom stereocenters. The second-order valence-electron chi connectivity index (χ2n) is 15.7. The van der Waals surface area contributed by atoms with Crippen molar-refractivity contribution in [3.8, 4) is 0 Å². The van der Waals surface area contributed by atoms with Crippen LogP contribution in [0.1, 0.15) is 129 Å². The van der Waals surface area contributed by atoms with Gasteiger partial charge in [-0.15, -0.1) is 0 Å². The zero-order valence-corrected chi connectivity index (χ0v) is 29.6. The lowest BCUT2D eigenvalue weighted by molar-refractivity contribution is -0.108. The lowest BCUT2D eigenvalue weighted by Gasteiger charge is -2.48. The molecule has 5 heteroatoms. The van der Waals surface area contributed by atoms with Crippen LogP contribution in [0, 0.1) is 0 Å². The molecule has 4 aliphatic rings. The van der Waals surface area contributed by atoms with Crippen LogP contribution in [0.25, 0.3) is 5.57 Å². The Morgan fingerprint density at radius 2 is 1.79 bits per heavy atom. The maximum Gasteiger partial charge on any atom is 0.254 e. The number of anilines is 1. The minimum atomic E-state index is -0.206. The van der Waals surface area contributed by atoms with Crippen LogP contribution in [0.15, 0.2) is 42.5 Å². The zero-order chi connectivity index (χ0) is 33.2. The van der Waals surface area contributed by atoms with Crippen molar-refractivity contribution in [3.63, 3.8) is 0 Å². The smallest absolute Gasteiger partial charge is 0.254 e. The Balaban J connectivity index is 1.58. The first kappa shape index (κ1) is 31.8. The van der Waals surface area contributed by atoms with Gasteiger partial charge in [0.15, 0.2) is 0 Å². The summed E-state index contributed by atoms with van der Waals surface area (Å²) in [4.78, 5) is 29.7. The van der Waals surface area contributed by atoms with Crippen LogP contribution in [0.2, 0.25) is 0 Å². The van der Waals surface area contributed by atoms with Gasteiger partial charge in [0.25, 0.3) is 5.91 Å². The molecule has 0 radical (unpaired) electrons. The fourth-order valence-corrected chi connectivity index (χ4v) is 9.80. The van der Waals surface area contributed by atoms with Gasteiger partial charge in [-0.1, -0.05) is 39.0 Å². The highest BCUT2D eigenvalue weighted by Gasteiger charge is 2.42. The number of carbonyl (C=O) groups excluding carboxylic acids is 2. The maximum atomic E-state index is 14.2. The van der Waals surface area contributed by atoms with E-state index in [0.717, 1.165) is 56.3 Å². The first-order valence-electron chi connectivity index (χ1n) is 18.1. The fraction of sp³-hybridized carbons (Fsp3) is 0.500. The molecule has 0 bridgehead atoms. The molecule has 0 fully saturated rings. The summed E-state index contributed by atoms with van der Waals surface area (Å²) in [6, 6.07) is 15.8. The third-order valence-corrected chi connectivity index (χ3v) is 11.8. The standard InChI is InChI=1S/C42H52N3O2/c1-8-45-36-25-35-33(24-32(36)27(2)26-41(45,3)4)37(29-16-9-10-17-30(29)40(47)43(7)19-11-12-22-46)34-23-28-15-13-20-44-21-14-18-31(39(28)44)38(34)42(35,5)6/h9-10,16-17,22-25,27H,8,11-15,18-21,26H2,1-7H3/q+1. The van der Waals surface area contributed by atoms with Crippen molar-refractivity contribution in [3.05, 3.63) is 97.5 Å². The van der Waals surface area contributed by atoms with Gasteiger partial charge in [0, 0.05) is 72.7 Å². The monoisotopic (exact) mass is 630 g/mol. The lowest BCUT2D eigenvalue weighted by Crippen LogP contribution is -2.50. The van der Waals surface area contributed by atoms with Gasteiger partial charge in [-0.3, -0.25) is 4.79 Å². The first-order chi connectivity index (χ1) is 22.5. The van der Waals surface area contributed by atoms with Crippen LogP contribution in [-0.4, -0.2) is 55.9 Å². The predicted molar refractivity (Wildman–Crippen MR) is 192 cm³/mol. The highest BCUT2D eigenvalue weighted by atomic mass is 16.2. The number of unbranched alkanes of at least 4 members (excludes halogenated alkanes) is 1. The number of rotatable bonds is 7. The van der Waals surface area contributed by atoms with Crippen molar-refractivity contribution in [2.24, 2.45) is 0 Å². The molecule has 0 aromatic heterocycles. The molecule has 0 saturated heterocycles. The van der Waals surface area contributed by atoms with Crippen LogP contribution < -0.4 is 20.1 Å². The van der Waals surface area contributed by atoms with Crippen LogP contribution in [0.3, 0.4) is 0 Å². The fourth-order valence-electron chi connectivity index (χ4n) is 9.80. The number of hydrogen-bond acceptors (Lipinski definition) is 3. The molecule has 0 saturated carbocycles. The van der Waals surface area contributed by atoms with E-state index >= 15 is 0 Å². The number of nitrogens with zero attached hydrogens (tertiary/aromatic N) is 3. The molecule has 7 rings (SSSR count). The van der Waals surface area contributed by atoms with Gasteiger partial charge in [0.2, 0.25) is 5.36 Å². The van der Waals surface area contributed by atoms with Crippen molar-refractivity contribution in [1.29, 1.82) is 0 Å². The lowest BCUT2D eigenvalue weighted by atomic mass is 9.64. The molecular weight excluding hydrogens is 578 g/mol. The van der Waals surface area contributed by atoms with E-state index in [4.69, 9.17) is 0 Å². The van der Waals surface area contributed by atoms with Crippen molar-refractivity contribution >= 4 is 23.5 Å². The second-order valence-corrected chi connectivity index (χ2v) is 15.7. The average molecular weight is 631 g/mol. The molecule has 47 heavy (non-hydrogen) atoms. The van der Waals surface area contributed by atoms with E-state index in [1.807, 2.05) is 19.2 Å². The molecule has 0 N–H and O–H groups in total. The number of hydrogen-bond donors (Lipinski definition) is 0. The Morgan fingerprint density at radius 1 is 1.04 bits per heavy atom. The number of aryl methyl sites for hydroxylation is 1. The summed E-state index contributed by atoms with van der Waals surface area (Å²) in [6.07, 6.45) is 7.76. The molecule has 1 amide bonds. The molecular formula is C42H52N3O2+. The number of fused-ring (bicyclic) bond motifs is 4. The van der Waals surface area contributed by atoms with Crippen molar-refractivity contribution < 1.29 is 9.59 Å². The molecule has 1 aliphatic carbocycles. The molecule has 5 nitrogen and oxygen atoms in total. The van der Waals surface area contributed by atoms with Gasteiger partial charge in [-0.25, -0.2) is 4.58 Å². The van der Waals surface area contributed by atoms with E-state index in [1.54, 1.807) is 4.90 Å². The Hall–Kier alpha value is -3.73. The average Bonchev–Trinajstić information content (AvgIpc) is 3.04. The van der Waals surface area contributed by atoms with E-state index in [-0.39, 0.29) is 16.9 Å². The SMILES string of the molecule is CCN1c2cc3c(cc2C(C)CC1(C)C)C(c1ccccc1C(=O)N(C)CCCC=O)=c1cc2c4c(c1C3(C)C)CCC[N+]=4CCC2. The maximum absolute atomic E-state index is 14.2. The van der Waals surface area contributed by atoms with Crippen molar-refractivity contribution in [2.75, 3.05) is 38.1 Å². The summed E-state index contributed by atoms with van der Waals surface area (Å²) in [6.45, 7) is 18.2. The molecule has 3 aliphatic heterocycles. The van der Waals surface area contributed by atoms with Crippen molar-refractivity contribution in [2.45, 2.75) is 103 Å². The van der Waals surface area contributed by atoms with Crippen molar-refractivity contribution in [1.82, 2.24) is 9.48 Å². The summed E-state index contributed by atoms with van der Waals surface area (Å²) < 4.78 is 2.66. The Morgan fingerprint density at radius 3 is 2.53 bits per heavy atom. The highest BCUT2D eigenvalue weighted by molar-refractivity contribution is 6.02. The largest absolute Gasteiger partial charge is 0.366 e. The summed E-state index contributed by atoms with van der Waals surface area (Å²) in [5.41, 5.74) is 12.7. The van der Waals surface area contributed by atoms with Gasteiger partial charge in [0.1, 0.15) is 19.4 Å². The zero-order valence-electron chi connectivity index (χ0n) is 29.6. The van der Waals surface area contributed by atoms with E-state index in [1.165, 1.54) is 68.1 Å². The van der Waals surface area contributed by atoms with E-state index in [9.17, 15) is 9.59 Å². The normalized spacial score (nSPS) is 20.1. The van der Waals surface area contributed by atoms with Crippen LogP contribution >= 0.6 is 0 Å². The Bertz CT molecular complexity index is 1910. The molecule has 1 atom stereocenters. The summed E-state index contributed by atoms with van der Waals surface area (Å²) in [5.74, 6) is 0.445. The highest BCUT2D eigenvalue weighted by Crippen LogP contribution is 2.50. The van der Waals surface area contributed by atoms with Crippen LogP contribution in [-0.2, 0) is 23.1 Å². The number of carbonyl (C=O) groups is 2. The number of benzene rings is 3. The predicted octanol–water partition coefficient (Wildman–Crippen LogP) is 6.12. The van der Waals surface area contributed by atoms with E-state index < -0.39 is 0 Å².